The van der Waals surface area contributed by atoms with Gasteiger partial charge in [0.1, 0.15) is 0 Å². The van der Waals surface area contributed by atoms with Crippen molar-refractivity contribution in [3.8, 4) is 0 Å². The van der Waals surface area contributed by atoms with E-state index in [1.54, 1.807) is 6.08 Å². The first-order valence-electron chi connectivity index (χ1n) is 10.0. The SMILES string of the molecule is CCCCCCC/C=C/C(=O)N1CCN(CCCC(=O)OCC)CC1. The fourth-order valence-corrected chi connectivity index (χ4v) is 3.03. The molecule has 25 heavy (non-hydrogen) atoms. The first-order chi connectivity index (χ1) is 12.2. The summed E-state index contributed by atoms with van der Waals surface area (Å²) in [5.41, 5.74) is 0. The van der Waals surface area contributed by atoms with Crippen molar-refractivity contribution in [2.45, 2.75) is 65.2 Å². The van der Waals surface area contributed by atoms with Crippen molar-refractivity contribution in [3.63, 3.8) is 0 Å². The first kappa shape index (κ1) is 21.7. The molecule has 1 rings (SSSR count). The van der Waals surface area contributed by atoms with Gasteiger partial charge in [-0.05, 0) is 38.8 Å². The van der Waals surface area contributed by atoms with E-state index in [2.05, 4.69) is 11.8 Å². The molecule has 0 saturated carbocycles. The van der Waals surface area contributed by atoms with Crippen molar-refractivity contribution in [2.75, 3.05) is 39.3 Å². The number of hydrogen-bond acceptors (Lipinski definition) is 4. The molecular formula is C20H36N2O3. The summed E-state index contributed by atoms with van der Waals surface area (Å²) in [4.78, 5) is 27.7. The Balaban J connectivity index is 2.10. The Kier molecular flexibility index (Phi) is 12.0. The van der Waals surface area contributed by atoms with Crippen LogP contribution in [-0.2, 0) is 14.3 Å². The highest BCUT2D eigenvalue weighted by Gasteiger charge is 2.19. The maximum absolute atomic E-state index is 12.2. The van der Waals surface area contributed by atoms with Crippen LogP contribution in [-0.4, -0.2) is 61.0 Å². The van der Waals surface area contributed by atoms with E-state index in [1.165, 1.54) is 32.1 Å². The van der Waals surface area contributed by atoms with Crippen molar-refractivity contribution < 1.29 is 14.3 Å². The summed E-state index contributed by atoms with van der Waals surface area (Å²) in [5, 5.41) is 0. The highest BCUT2D eigenvalue weighted by Crippen LogP contribution is 2.07. The largest absolute Gasteiger partial charge is 0.466 e. The molecule has 0 unspecified atom stereocenters. The maximum Gasteiger partial charge on any atom is 0.305 e. The minimum absolute atomic E-state index is 0.115. The molecule has 0 aromatic carbocycles. The Morgan fingerprint density at radius 1 is 0.960 bits per heavy atom. The van der Waals surface area contributed by atoms with E-state index in [1.807, 2.05) is 17.9 Å². The zero-order valence-electron chi connectivity index (χ0n) is 16.2. The Morgan fingerprint density at radius 3 is 2.36 bits per heavy atom. The molecule has 0 radical (unpaired) electrons. The standard InChI is InChI=1S/C20H36N2O3/c1-3-5-6-7-8-9-10-12-19(23)22-17-15-21(16-18-22)14-11-13-20(24)25-4-2/h10,12H,3-9,11,13-18H2,1-2H3/b12-10+. The summed E-state index contributed by atoms with van der Waals surface area (Å²) in [7, 11) is 0. The Morgan fingerprint density at radius 2 is 1.68 bits per heavy atom. The minimum atomic E-state index is -0.115. The molecule has 1 amide bonds. The van der Waals surface area contributed by atoms with Crippen LogP contribution in [0.4, 0.5) is 0 Å². The van der Waals surface area contributed by atoms with Gasteiger partial charge in [-0.3, -0.25) is 14.5 Å². The molecule has 5 nitrogen and oxygen atoms in total. The highest BCUT2D eigenvalue weighted by atomic mass is 16.5. The van der Waals surface area contributed by atoms with Crippen LogP contribution < -0.4 is 0 Å². The van der Waals surface area contributed by atoms with Gasteiger partial charge in [-0.1, -0.05) is 38.7 Å². The van der Waals surface area contributed by atoms with Gasteiger partial charge in [0.2, 0.25) is 5.91 Å². The summed E-state index contributed by atoms with van der Waals surface area (Å²) >= 11 is 0. The molecule has 0 N–H and O–H groups in total. The number of carbonyl (C=O) groups is 2. The highest BCUT2D eigenvalue weighted by molar-refractivity contribution is 5.87. The van der Waals surface area contributed by atoms with E-state index in [-0.39, 0.29) is 11.9 Å². The lowest BCUT2D eigenvalue weighted by atomic mass is 10.1. The average molecular weight is 353 g/mol. The molecule has 1 aliphatic rings. The molecule has 144 valence electrons. The van der Waals surface area contributed by atoms with Crippen LogP contribution in [0.2, 0.25) is 0 Å². The number of allylic oxidation sites excluding steroid dienone is 1. The smallest absolute Gasteiger partial charge is 0.305 e. The predicted octanol–water partition coefficient (Wildman–Crippen LogP) is 3.39. The van der Waals surface area contributed by atoms with E-state index >= 15 is 0 Å². The lowest BCUT2D eigenvalue weighted by Gasteiger charge is -2.34. The van der Waals surface area contributed by atoms with Gasteiger partial charge in [-0.2, -0.15) is 0 Å². The molecule has 1 aliphatic heterocycles. The average Bonchev–Trinajstić information content (AvgIpc) is 2.61. The van der Waals surface area contributed by atoms with Gasteiger partial charge in [0, 0.05) is 32.6 Å². The topological polar surface area (TPSA) is 49.9 Å². The molecule has 5 heteroatoms. The second kappa shape index (κ2) is 13.9. The van der Waals surface area contributed by atoms with Crippen LogP contribution in [0.15, 0.2) is 12.2 Å². The molecule has 0 aromatic heterocycles. The summed E-state index contributed by atoms with van der Waals surface area (Å²) in [5.74, 6) is 0.0240. The van der Waals surface area contributed by atoms with Gasteiger partial charge in [-0.15, -0.1) is 0 Å². The fraction of sp³-hybridized carbons (Fsp3) is 0.800. The molecule has 1 saturated heterocycles. The quantitative estimate of drug-likeness (QED) is 0.307. The molecular weight excluding hydrogens is 316 g/mol. The third-order valence-electron chi connectivity index (χ3n) is 4.58. The first-order valence-corrected chi connectivity index (χ1v) is 10.0. The van der Waals surface area contributed by atoms with Gasteiger partial charge >= 0.3 is 5.97 Å². The van der Waals surface area contributed by atoms with E-state index in [0.29, 0.717) is 13.0 Å². The number of hydrogen-bond donors (Lipinski definition) is 0. The Bertz CT molecular complexity index is 402. The summed E-state index contributed by atoms with van der Waals surface area (Å²) in [6, 6.07) is 0. The minimum Gasteiger partial charge on any atom is -0.466 e. The van der Waals surface area contributed by atoms with Crippen LogP contribution >= 0.6 is 0 Å². The van der Waals surface area contributed by atoms with E-state index in [0.717, 1.165) is 45.6 Å². The number of unbranched alkanes of at least 4 members (excludes halogenated alkanes) is 5. The van der Waals surface area contributed by atoms with E-state index < -0.39 is 0 Å². The monoisotopic (exact) mass is 352 g/mol. The van der Waals surface area contributed by atoms with Crippen LogP contribution in [0, 0.1) is 0 Å². The lowest BCUT2D eigenvalue weighted by Crippen LogP contribution is -2.48. The van der Waals surface area contributed by atoms with Crippen molar-refractivity contribution in [2.24, 2.45) is 0 Å². The number of amides is 1. The Hall–Kier alpha value is -1.36. The third-order valence-corrected chi connectivity index (χ3v) is 4.58. The Labute approximate surface area is 153 Å². The van der Waals surface area contributed by atoms with Crippen molar-refractivity contribution in [3.05, 3.63) is 12.2 Å². The second-order valence-corrected chi connectivity index (χ2v) is 6.68. The number of nitrogens with zero attached hydrogens (tertiary/aromatic N) is 2. The lowest BCUT2D eigenvalue weighted by molar-refractivity contribution is -0.143. The normalized spacial score (nSPS) is 15.7. The summed E-state index contributed by atoms with van der Waals surface area (Å²) in [6.45, 7) is 8.73. The zero-order chi connectivity index (χ0) is 18.3. The number of ether oxygens (including phenoxy) is 1. The number of esters is 1. The van der Waals surface area contributed by atoms with Crippen LogP contribution in [0.1, 0.15) is 65.2 Å². The molecule has 1 fully saturated rings. The second-order valence-electron chi connectivity index (χ2n) is 6.68. The van der Waals surface area contributed by atoms with Crippen molar-refractivity contribution >= 4 is 11.9 Å². The number of rotatable bonds is 12. The van der Waals surface area contributed by atoms with Crippen LogP contribution in [0.25, 0.3) is 0 Å². The molecule has 0 aromatic rings. The molecule has 1 heterocycles. The van der Waals surface area contributed by atoms with E-state index in [9.17, 15) is 9.59 Å². The van der Waals surface area contributed by atoms with Crippen molar-refractivity contribution in [1.82, 2.24) is 9.80 Å². The molecule has 0 spiro atoms. The van der Waals surface area contributed by atoms with Gasteiger partial charge in [-0.25, -0.2) is 0 Å². The maximum atomic E-state index is 12.2. The van der Waals surface area contributed by atoms with Crippen LogP contribution in [0.3, 0.4) is 0 Å². The molecule has 0 bridgehead atoms. The van der Waals surface area contributed by atoms with Gasteiger partial charge in [0.25, 0.3) is 0 Å². The van der Waals surface area contributed by atoms with Crippen LogP contribution in [0.5, 0.6) is 0 Å². The molecule has 0 atom stereocenters. The number of piperazine rings is 1. The van der Waals surface area contributed by atoms with E-state index in [4.69, 9.17) is 4.74 Å². The predicted molar refractivity (Wildman–Crippen MR) is 101 cm³/mol. The number of carbonyl (C=O) groups excluding carboxylic acids is 2. The third kappa shape index (κ3) is 10.3. The van der Waals surface area contributed by atoms with Gasteiger partial charge < -0.3 is 9.64 Å². The zero-order valence-corrected chi connectivity index (χ0v) is 16.2. The molecule has 0 aliphatic carbocycles. The van der Waals surface area contributed by atoms with Crippen molar-refractivity contribution in [1.29, 1.82) is 0 Å². The fourth-order valence-electron chi connectivity index (χ4n) is 3.03. The summed E-state index contributed by atoms with van der Waals surface area (Å²) in [6.07, 6.45) is 12.4. The van der Waals surface area contributed by atoms with Gasteiger partial charge in [0.05, 0.1) is 6.61 Å². The summed E-state index contributed by atoms with van der Waals surface area (Å²) < 4.78 is 4.94. The van der Waals surface area contributed by atoms with Gasteiger partial charge in [0.15, 0.2) is 0 Å².